The van der Waals surface area contributed by atoms with Crippen molar-refractivity contribution in [3.8, 4) is 10.6 Å². The number of hydrogen-bond acceptors (Lipinski definition) is 5. The molecule has 0 unspecified atom stereocenters. The minimum atomic E-state index is -1.02. The molecule has 6 nitrogen and oxygen atoms in total. The third-order valence-corrected chi connectivity index (χ3v) is 3.45. The zero-order chi connectivity index (χ0) is 12.7. The van der Waals surface area contributed by atoms with Crippen LogP contribution in [0.5, 0.6) is 0 Å². The normalized spacial score (nSPS) is 10.9. The molecule has 0 saturated heterocycles. The van der Waals surface area contributed by atoms with Gasteiger partial charge >= 0.3 is 5.97 Å². The standard InChI is InChI=1S/C11H8N4O2S/c1-6-8(10(16)17)15-11(13-6)18-9(14-15)7-3-2-4-12-5-7/h2-5H,1H3,(H,16,17). The molecule has 0 aromatic carbocycles. The minimum absolute atomic E-state index is 0.108. The first-order valence-electron chi connectivity index (χ1n) is 5.16. The van der Waals surface area contributed by atoms with E-state index >= 15 is 0 Å². The van der Waals surface area contributed by atoms with Gasteiger partial charge in [-0.05, 0) is 19.1 Å². The number of carboxylic acids is 1. The van der Waals surface area contributed by atoms with Gasteiger partial charge in [0.15, 0.2) is 5.69 Å². The summed E-state index contributed by atoms with van der Waals surface area (Å²) in [5.74, 6) is -1.02. The molecule has 0 bridgehead atoms. The molecule has 7 heteroatoms. The molecular weight excluding hydrogens is 252 g/mol. The fourth-order valence-corrected chi connectivity index (χ4v) is 2.64. The summed E-state index contributed by atoms with van der Waals surface area (Å²) >= 11 is 1.34. The number of aryl methyl sites for hydroxylation is 1. The Morgan fingerprint density at radius 3 is 3.00 bits per heavy atom. The summed E-state index contributed by atoms with van der Waals surface area (Å²) in [5.41, 5.74) is 1.43. The number of fused-ring (bicyclic) bond motifs is 1. The van der Waals surface area contributed by atoms with E-state index in [0.717, 1.165) is 5.56 Å². The lowest BCUT2D eigenvalue weighted by atomic mass is 10.3. The van der Waals surface area contributed by atoms with Gasteiger partial charge < -0.3 is 5.11 Å². The van der Waals surface area contributed by atoms with Crippen LogP contribution >= 0.6 is 11.3 Å². The summed E-state index contributed by atoms with van der Waals surface area (Å²) in [6.07, 6.45) is 3.36. The smallest absolute Gasteiger partial charge is 0.356 e. The van der Waals surface area contributed by atoms with Gasteiger partial charge in [0.25, 0.3) is 0 Å². The number of carbonyl (C=O) groups is 1. The zero-order valence-corrected chi connectivity index (χ0v) is 10.2. The van der Waals surface area contributed by atoms with Crippen molar-refractivity contribution >= 4 is 22.3 Å². The highest BCUT2D eigenvalue weighted by Gasteiger charge is 2.19. The van der Waals surface area contributed by atoms with Gasteiger partial charge in [-0.15, -0.1) is 0 Å². The van der Waals surface area contributed by atoms with Gasteiger partial charge in [-0.2, -0.15) is 9.61 Å². The molecule has 1 N–H and O–H groups in total. The monoisotopic (exact) mass is 260 g/mol. The molecule has 0 aliphatic rings. The van der Waals surface area contributed by atoms with Crippen molar-refractivity contribution in [2.24, 2.45) is 0 Å². The Hall–Kier alpha value is -2.28. The van der Waals surface area contributed by atoms with E-state index in [9.17, 15) is 4.79 Å². The second-order valence-electron chi connectivity index (χ2n) is 3.69. The number of nitrogens with zero attached hydrogens (tertiary/aromatic N) is 4. The third kappa shape index (κ3) is 1.56. The fourth-order valence-electron chi connectivity index (χ4n) is 1.70. The third-order valence-electron chi connectivity index (χ3n) is 2.49. The van der Waals surface area contributed by atoms with Gasteiger partial charge in [0.05, 0.1) is 5.69 Å². The van der Waals surface area contributed by atoms with Gasteiger partial charge in [0.2, 0.25) is 4.96 Å². The van der Waals surface area contributed by atoms with E-state index in [4.69, 9.17) is 5.11 Å². The van der Waals surface area contributed by atoms with Crippen LogP contribution in [0.3, 0.4) is 0 Å². The molecule has 0 saturated carbocycles. The quantitative estimate of drug-likeness (QED) is 0.760. The minimum Gasteiger partial charge on any atom is -0.476 e. The summed E-state index contributed by atoms with van der Waals surface area (Å²) in [7, 11) is 0. The number of imidazole rings is 1. The number of aromatic carboxylic acids is 1. The summed E-state index contributed by atoms with van der Waals surface area (Å²) in [4.78, 5) is 19.9. The predicted molar refractivity (Wildman–Crippen MR) is 65.8 cm³/mol. The van der Waals surface area contributed by atoms with Crippen LogP contribution < -0.4 is 0 Å². The first kappa shape index (κ1) is 10.8. The summed E-state index contributed by atoms with van der Waals surface area (Å²) < 4.78 is 1.37. The maximum atomic E-state index is 11.1. The van der Waals surface area contributed by atoms with Gasteiger partial charge in [0.1, 0.15) is 5.01 Å². The van der Waals surface area contributed by atoms with Crippen LogP contribution in [0.2, 0.25) is 0 Å². The Labute approximate surface area is 106 Å². The Morgan fingerprint density at radius 1 is 1.50 bits per heavy atom. The molecule has 0 aliphatic carbocycles. The summed E-state index contributed by atoms with van der Waals surface area (Å²) in [6.45, 7) is 1.66. The Balaban J connectivity index is 2.21. The first-order chi connectivity index (χ1) is 8.66. The van der Waals surface area contributed by atoms with Crippen LogP contribution in [0.1, 0.15) is 16.2 Å². The molecule has 0 radical (unpaired) electrons. The number of pyridine rings is 1. The van der Waals surface area contributed by atoms with E-state index in [1.54, 1.807) is 19.3 Å². The Morgan fingerprint density at radius 2 is 2.33 bits per heavy atom. The lowest BCUT2D eigenvalue weighted by Crippen LogP contribution is -2.04. The molecule has 18 heavy (non-hydrogen) atoms. The number of aromatic nitrogens is 4. The summed E-state index contributed by atoms with van der Waals surface area (Å²) in [5, 5.41) is 14.1. The van der Waals surface area contributed by atoms with Crippen LogP contribution in [-0.4, -0.2) is 30.7 Å². The molecule has 0 atom stereocenters. The Kier molecular flexibility index (Phi) is 2.34. The van der Waals surface area contributed by atoms with Crippen LogP contribution in [0.15, 0.2) is 24.5 Å². The largest absolute Gasteiger partial charge is 0.476 e. The molecule has 0 aliphatic heterocycles. The lowest BCUT2D eigenvalue weighted by molar-refractivity contribution is 0.0687. The highest BCUT2D eigenvalue weighted by molar-refractivity contribution is 7.19. The van der Waals surface area contributed by atoms with Crippen molar-refractivity contribution in [2.45, 2.75) is 6.92 Å². The maximum Gasteiger partial charge on any atom is 0.356 e. The summed E-state index contributed by atoms with van der Waals surface area (Å²) in [6, 6.07) is 3.68. The SMILES string of the molecule is Cc1nc2sc(-c3cccnc3)nn2c1C(=O)O. The van der Waals surface area contributed by atoms with Gasteiger partial charge in [-0.3, -0.25) is 4.98 Å². The first-order valence-corrected chi connectivity index (χ1v) is 5.98. The average molecular weight is 260 g/mol. The fraction of sp³-hybridized carbons (Fsp3) is 0.0909. The van der Waals surface area contributed by atoms with E-state index in [2.05, 4.69) is 15.1 Å². The van der Waals surface area contributed by atoms with Crippen molar-refractivity contribution in [3.63, 3.8) is 0 Å². The molecule has 90 valence electrons. The molecule has 0 amide bonds. The van der Waals surface area contributed by atoms with Gasteiger partial charge in [-0.1, -0.05) is 11.3 Å². The number of hydrogen-bond donors (Lipinski definition) is 1. The molecule has 3 aromatic heterocycles. The van der Waals surface area contributed by atoms with E-state index in [1.807, 2.05) is 12.1 Å². The molecule has 3 rings (SSSR count). The van der Waals surface area contributed by atoms with Crippen LogP contribution in [0.25, 0.3) is 15.5 Å². The Bertz CT molecular complexity index is 732. The lowest BCUT2D eigenvalue weighted by Gasteiger charge is -1.93. The van der Waals surface area contributed by atoms with Crippen molar-refractivity contribution in [3.05, 3.63) is 35.9 Å². The molecule has 3 heterocycles. The number of carboxylic acid groups (broad SMARTS) is 1. The molecule has 0 spiro atoms. The molecule has 3 aromatic rings. The average Bonchev–Trinajstić information content (AvgIpc) is 2.85. The van der Waals surface area contributed by atoms with Crippen molar-refractivity contribution < 1.29 is 9.90 Å². The predicted octanol–water partition coefficient (Wildman–Crippen LogP) is 1.86. The van der Waals surface area contributed by atoms with Crippen LogP contribution in [0, 0.1) is 6.92 Å². The van der Waals surface area contributed by atoms with Crippen molar-refractivity contribution in [2.75, 3.05) is 0 Å². The molecule has 0 fully saturated rings. The van der Waals surface area contributed by atoms with Crippen LogP contribution in [-0.2, 0) is 0 Å². The van der Waals surface area contributed by atoms with E-state index in [-0.39, 0.29) is 5.69 Å². The highest BCUT2D eigenvalue weighted by atomic mass is 32.1. The second kappa shape index (κ2) is 3.88. The van der Waals surface area contributed by atoms with E-state index < -0.39 is 5.97 Å². The maximum absolute atomic E-state index is 11.1. The van der Waals surface area contributed by atoms with E-state index in [0.29, 0.717) is 15.7 Å². The topological polar surface area (TPSA) is 80.4 Å². The highest BCUT2D eigenvalue weighted by Crippen LogP contribution is 2.26. The zero-order valence-electron chi connectivity index (χ0n) is 9.36. The van der Waals surface area contributed by atoms with Crippen molar-refractivity contribution in [1.82, 2.24) is 19.6 Å². The van der Waals surface area contributed by atoms with E-state index in [1.165, 1.54) is 15.9 Å². The second-order valence-corrected chi connectivity index (χ2v) is 4.65. The van der Waals surface area contributed by atoms with Gasteiger partial charge in [0, 0.05) is 18.0 Å². The van der Waals surface area contributed by atoms with Crippen molar-refractivity contribution in [1.29, 1.82) is 0 Å². The molecular formula is C11H8N4O2S. The van der Waals surface area contributed by atoms with Gasteiger partial charge in [-0.25, -0.2) is 9.78 Å². The number of rotatable bonds is 2. The van der Waals surface area contributed by atoms with Crippen LogP contribution in [0.4, 0.5) is 0 Å².